The average molecular weight is 422 g/mol. The van der Waals surface area contributed by atoms with Gasteiger partial charge >= 0.3 is 0 Å². The number of halogens is 3. The summed E-state index contributed by atoms with van der Waals surface area (Å²) in [6.07, 6.45) is -1.13. The highest BCUT2D eigenvalue weighted by Gasteiger charge is 2.25. The zero-order chi connectivity index (χ0) is 21.7. The van der Waals surface area contributed by atoms with Crippen LogP contribution in [0.2, 0.25) is 5.02 Å². The Labute approximate surface area is 171 Å². The second-order valence-electron chi connectivity index (χ2n) is 6.35. The minimum Gasteiger partial charge on any atom is -0.391 e. The molecule has 3 N–H and O–H groups in total. The van der Waals surface area contributed by atoms with Gasteiger partial charge < -0.3 is 15.7 Å². The molecule has 0 aromatic heterocycles. The average Bonchev–Trinajstić information content (AvgIpc) is 2.66. The maximum absolute atomic E-state index is 13.7. The largest absolute Gasteiger partial charge is 0.391 e. The van der Waals surface area contributed by atoms with Crippen molar-refractivity contribution in [3.63, 3.8) is 0 Å². The van der Waals surface area contributed by atoms with Crippen molar-refractivity contribution in [2.75, 3.05) is 11.9 Å². The van der Waals surface area contributed by atoms with Gasteiger partial charge in [-0.05, 0) is 43.7 Å². The van der Waals surface area contributed by atoms with Gasteiger partial charge in [-0.3, -0.25) is 9.59 Å². The van der Waals surface area contributed by atoms with E-state index in [-0.39, 0.29) is 10.6 Å². The lowest BCUT2D eigenvalue weighted by atomic mass is 10.0. The first kappa shape index (κ1) is 22.3. The van der Waals surface area contributed by atoms with Gasteiger partial charge in [0.2, 0.25) is 0 Å². The molecule has 0 saturated heterocycles. The first-order valence-corrected chi connectivity index (χ1v) is 8.93. The molecule has 0 spiro atoms. The third-order valence-corrected chi connectivity index (χ3v) is 4.73. The van der Waals surface area contributed by atoms with Crippen LogP contribution in [0.5, 0.6) is 0 Å². The summed E-state index contributed by atoms with van der Waals surface area (Å²) in [5.74, 6) is -3.35. The van der Waals surface area contributed by atoms with Crippen molar-refractivity contribution in [3.8, 4) is 6.07 Å². The molecule has 2 rings (SSSR count). The van der Waals surface area contributed by atoms with E-state index in [2.05, 4.69) is 10.6 Å². The molecule has 152 valence electrons. The fraction of sp³-hybridized carbons (Fsp3) is 0.250. The quantitative estimate of drug-likeness (QED) is 0.638. The molecule has 2 atom stereocenters. The van der Waals surface area contributed by atoms with Gasteiger partial charge in [0.25, 0.3) is 5.91 Å². The number of benzene rings is 2. The molecule has 0 aliphatic carbocycles. The molecule has 0 unspecified atom stereocenters. The fourth-order valence-electron chi connectivity index (χ4n) is 2.61. The number of amides is 1. The van der Waals surface area contributed by atoms with Crippen molar-refractivity contribution in [1.29, 1.82) is 5.26 Å². The Hall–Kier alpha value is -3.02. The zero-order valence-electron chi connectivity index (χ0n) is 15.6. The predicted molar refractivity (Wildman–Crippen MR) is 104 cm³/mol. The Morgan fingerprint density at radius 2 is 1.97 bits per heavy atom. The van der Waals surface area contributed by atoms with Crippen LogP contribution >= 0.6 is 11.6 Å². The topological polar surface area (TPSA) is 102 Å². The fourth-order valence-corrected chi connectivity index (χ4v) is 2.82. The van der Waals surface area contributed by atoms with E-state index in [4.69, 9.17) is 16.9 Å². The highest BCUT2D eigenvalue weighted by atomic mass is 35.5. The number of carbonyl (C=O) groups excluding carboxylic acids is 2. The first-order valence-electron chi connectivity index (χ1n) is 8.55. The number of hydrogen-bond donors (Lipinski definition) is 3. The predicted octanol–water partition coefficient (Wildman–Crippen LogP) is 2.96. The highest BCUT2D eigenvalue weighted by Crippen LogP contribution is 2.27. The summed E-state index contributed by atoms with van der Waals surface area (Å²) in [7, 11) is 0. The van der Waals surface area contributed by atoms with E-state index in [1.54, 1.807) is 13.0 Å². The number of hydrogen-bond acceptors (Lipinski definition) is 5. The Bertz CT molecular complexity index is 990. The summed E-state index contributed by atoms with van der Waals surface area (Å²) in [5.41, 5.74) is 0.810. The number of Topliss-reactive ketones (excluding diaryl/α,β-unsaturated/α-hetero) is 1. The molecule has 29 heavy (non-hydrogen) atoms. The van der Waals surface area contributed by atoms with E-state index < -0.39 is 47.6 Å². The van der Waals surface area contributed by atoms with Crippen LogP contribution in [0.25, 0.3) is 0 Å². The number of nitrogens with zero attached hydrogens (tertiary/aromatic N) is 1. The summed E-state index contributed by atoms with van der Waals surface area (Å²) >= 11 is 6.11. The maximum atomic E-state index is 13.7. The van der Waals surface area contributed by atoms with Crippen molar-refractivity contribution in [1.82, 2.24) is 5.32 Å². The summed E-state index contributed by atoms with van der Waals surface area (Å²) in [5, 5.41) is 24.3. The van der Waals surface area contributed by atoms with Crippen molar-refractivity contribution in [2.24, 2.45) is 0 Å². The summed E-state index contributed by atoms with van der Waals surface area (Å²) in [4.78, 5) is 24.6. The minimum absolute atomic E-state index is 0.217. The number of rotatable bonds is 7. The molecule has 2 aromatic rings. The van der Waals surface area contributed by atoms with Crippen molar-refractivity contribution >= 4 is 29.0 Å². The number of ketones is 1. The molecule has 2 aromatic carbocycles. The van der Waals surface area contributed by atoms with Crippen LogP contribution in [0.3, 0.4) is 0 Å². The standard InChI is InChI=1S/C20H18ClF2N3O3/c1-10-16(6-3-12(8-24)18(10)21)26-19(11(2)27)17(28)9-25-20(29)14-5-4-13(22)7-15(14)23/h3-7,11,19,26-27H,9H2,1-2H3,(H,25,29)/t11-,19-/m1/s1. The molecule has 0 bridgehead atoms. The van der Waals surface area contributed by atoms with Crippen LogP contribution in [0.4, 0.5) is 14.5 Å². The molecule has 0 heterocycles. The van der Waals surface area contributed by atoms with E-state index in [0.29, 0.717) is 17.3 Å². The van der Waals surface area contributed by atoms with Crippen molar-refractivity contribution < 1.29 is 23.5 Å². The molecular weight excluding hydrogens is 404 g/mol. The van der Waals surface area contributed by atoms with Crippen molar-refractivity contribution in [3.05, 3.63) is 63.7 Å². The third kappa shape index (κ3) is 5.28. The van der Waals surface area contributed by atoms with Gasteiger partial charge in [0.05, 0.1) is 28.8 Å². The number of aliphatic hydroxyl groups excluding tert-OH is 1. The Morgan fingerprint density at radius 3 is 2.55 bits per heavy atom. The van der Waals surface area contributed by atoms with Gasteiger partial charge in [-0.25, -0.2) is 8.78 Å². The van der Waals surface area contributed by atoms with E-state index in [1.165, 1.54) is 13.0 Å². The second-order valence-corrected chi connectivity index (χ2v) is 6.73. The number of carbonyl (C=O) groups is 2. The van der Waals surface area contributed by atoms with E-state index in [9.17, 15) is 23.5 Å². The molecule has 0 fully saturated rings. The van der Waals surface area contributed by atoms with Crippen LogP contribution in [-0.4, -0.2) is 35.5 Å². The molecule has 0 aliphatic heterocycles. The smallest absolute Gasteiger partial charge is 0.254 e. The number of anilines is 1. The molecule has 6 nitrogen and oxygen atoms in total. The number of nitriles is 1. The van der Waals surface area contributed by atoms with Gasteiger partial charge in [0.1, 0.15) is 23.7 Å². The van der Waals surface area contributed by atoms with Gasteiger partial charge in [0, 0.05) is 11.8 Å². The summed E-state index contributed by atoms with van der Waals surface area (Å²) in [6.45, 7) is 2.53. The second kappa shape index (κ2) is 9.45. The van der Waals surface area contributed by atoms with Crippen LogP contribution in [0.15, 0.2) is 30.3 Å². The molecule has 0 saturated carbocycles. The molecular formula is C20H18ClF2N3O3. The lowest BCUT2D eigenvalue weighted by Crippen LogP contribution is -2.45. The minimum atomic E-state index is -1.13. The monoisotopic (exact) mass is 421 g/mol. The van der Waals surface area contributed by atoms with E-state index in [1.807, 2.05) is 6.07 Å². The lowest BCUT2D eigenvalue weighted by Gasteiger charge is -2.23. The summed E-state index contributed by atoms with van der Waals surface area (Å²) in [6, 6.07) is 6.32. The van der Waals surface area contributed by atoms with Crippen LogP contribution < -0.4 is 10.6 Å². The van der Waals surface area contributed by atoms with Crippen LogP contribution in [0, 0.1) is 29.9 Å². The van der Waals surface area contributed by atoms with Crippen molar-refractivity contribution in [2.45, 2.75) is 26.0 Å². The highest BCUT2D eigenvalue weighted by molar-refractivity contribution is 6.32. The van der Waals surface area contributed by atoms with Crippen LogP contribution in [0.1, 0.15) is 28.4 Å². The van der Waals surface area contributed by atoms with E-state index in [0.717, 1.165) is 12.1 Å². The number of nitrogens with one attached hydrogen (secondary N) is 2. The first-order chi connectivity index (χ1) is 13.6. The SMILES string of the molecule is Cc1c(N[C@@H](C(=O)CNC(=O)c2ccc(F)cc2F)[C@@H](C)O)ccc(C#N)c1Cl. The summed E-state index contributed by atoms with van der Waals surface area (Å²) < 4.78 is 26.6. The van der Waals surface area contributed by atoms with Gasteiger partial charge in [-0.1, -0.05) is 11.6 Å². The third-order valence-electron chi connectivity index (χ3n) is 4.25. The van der Waals surface area contributed by atoms with Gasteiger partial charge in [-0.2, -0.15) is 5.26 Å². The van der Waals surface area contributed by atoms with Gasteiger partial charge in [-0.15, -0.1) is 0 Å². The molecule has 0 radical (unpaired) electrons. The Morgan fingerprint density at radius 1 is 1.28 bits per heavy atom. The molecule has 1 amide bonds. The normalized spacial score (nSPS) is 12.6. The zero-order valence-corrected chi connectivity index (χ0v) is 16.3. The van der Waals surface area contributed by atoms with E-state index >= 15 is 0 Å². The number of aliphatic hydroxyl groups is 1. The maximum Gasteiger partial charge on any atom is 0.254 e. The molecule has 0 aliphatic rings. The lowest BCUT2D eigenvalue weighted by molar-refractivity contribution is -0.120. The van der Waals surface area contributed by atoms with Crippen LogP contribution in [-0.2, 0) is 4.79 Å². The Balaban J connectivity index is 2.11. The molecule has 9 heteroatoms. The Kier molecular flexibility index (Phi) is 7.26. The van der Waals surface area contributed by atoms with Gasteiger partial charge in [0.15, 0.2) is 5.78 Å².